The van der Waals surface area contributed by atoms with Crippen LogP contribution in [0, 0.1) is 17.3 Å². The summed E-state index contributed by atoms with van der Waals surface area (Å²) >= 11 is 0. The van der Waals surface area contributed by atoms with Crippen LogP contribution >= 0.6 is 0 Å². The highest BCUT2D eigenvalue weighted by molar-refractivity contribution is 5.76. The summed E-state index contributed by atoms with van der Waals surface area (Å²) < 4.78 is 5.40. The molecule has 0 saturated heterocycles. The number of carbonyl (C=O) groups excluding carboxylic acids is 1. The second kappa shape index (κ2) is 6.20. The highest BCUT2D eigenvalue weighted by atomic mass is 16.5. The van der Waals surface area contributed by atoms with Gasteiger partial charge in [-0.05, 0) is 55.8 Å². The van der Waals surface area contributed by atoms with Crippen molar-refractivity contribution in [2.24, 2.45) is 17.3 Å². The van der Waals surface area contributed by atoms with Gasteiger partial charge in [0.15, 0.2) is 5.76 Å². The lowest BCUT2D eigenvalue weighted by atomic mass is 9.47. The Morgan fingerprint density at radius 2 is 1.93 bits per heavy atom. The quantitative estimate of drug-likeness (QED) is 0.846. The summed E-state index contributed by atoms with van der Waals surface area (Å²) in [5.74, 6) is 1.98. The molecule has 5 heteroatoms. The van der Waals surface area contributed by atoms with E-state index in [1.807, 2.05) is 36.4 Å². The zero-order chi connectivity index (χ0) is 18.5. The van der Waals surface area contributed by atoms with Crippen molar-refractivity contribution in [3.63, 3.8) is 0 Å². The number of hydrogen-bond acceptors (Lipinski definition) is 4. The van der Waals surface area contributed by atoms with E-state index in [0.717, 1.165) is 43.4 Å². The molecule has 4 saturated carbocycles. The molecule has 2 unspecified atom stereocenters. The number of nitrogens with one attached hydrogen (secondary N) is 1. The number of amides is 1. The standard InChI is InChI=1S/C22H26N2O3/c25-20(12-21-8-15-6-16(9-21)11-22(26,10-15)14-21)23-13-18-7-19(27-24-18)17-4-2-1-3-5-17/h1-5,7,15-16,26H,6,8-14H2,(H,23,25). The molecule has 1 heterocycles. The van der Waals surface area contributed by atoms with Crippen LogP contribution in [-0.4, -0.2) is 21.8 Å². The molecule has 0 radical (unpaired) electrons. The number of hydrogen-bond donors (Lipinski definition) is 2. The summed E-state index contributed by atoms with van der Waals surface area (Å²) in [6.45, 7) is 0.377. The normalized spacial score (nSPS) is 34.0. The summed E-state index contributed by atoms with van der Waals surface area (Å²) in [4.78, 5) is 12.6. The number of benzene rings is 1. The minimum Gasteiger partial charge on any atom is -0.390 e. The van der Waals surface area contributed by atoms with E-state index in [2.05, 4.69) is 10.5 Å². The van der Waals surface area contributed by atoms with Crippen molar-refractivity contribution in [1.82, 2.24) is 10.5 Å². The van der Waals surface area contributed by atoms with Gasteiger partial charge in [0, 0.05) is 18.1 Å². The Morgan fingerprint density at radius 3 is 2.63 bits per heavy atom. The van der Waals surface area contributed by atoms with E-state index in [9.17, 15) is 9.90 Å². The van der Waals surface area contributed by atoms with Gasteiger partial charge in [0.05, 0.1) is 12.1 Å². The number of nitrogens with zero attached hydrogens (tertiary/aromatic N) is 1. The molecule has 4 fully saturated rings. The van der Waals surface area contributed by atoms with Gasteiger partial charge in [-0.15, -0.1) is 0 Å². The molecule has 1 aromatic carbocycles. The van der Waals surface area contributed by atoms with Gasteiger partial charge in [-0.3, -0.25) is 4.79 Å². The van der Waals surface area contributed by atoms with Crippen molar-refractivity contribution in [2.75, 3.05) is 0 Å². The Hall–Kier alpha value is -2.14. The number of aliphatic hydroxyl groups is 1. The first kappa shape index (κ1) is 17.0. The molecule has 142 valence electrons. The first-order chi connectivity index (χ1) is 13.0. The average Bonchev–Trinajstić information content (AvgIpc) is 3.07. The second-order valence-electron chi connectivity index (χ2n) is 9.19. The summed E-state index contributed by atoms with van der Waals surface area (Å²) in [5, 5.41) is 17.9. The monoisotopic (exact) mass is 366 g/mol. The van der Waals surface area contributed by atoms with Crippen LogP contribution in [0.3, 0.4) is 0 Å². The summed E-state index contributed by atoms with van der Waals surface area (Å²) in [6, 6.07) is 11.7. The van der Waals surface area contributed by atoms with Crippen LogP contribution in [0.1, 0.15) is 50.6 Å². The maximum Gasteiger partial charge on any atom is 0.220 e. The topological polar surface area (TPSA) is 75.4 Å². The molecule has 6 rings (SSSR count). The smallest absolute Gasteiger partial charge is 0.220 e. The van der Waals surface area contributed by atoms with Crippen LogP contribution in [0.5, 0.6) is 0 Å². The average molecular weight is 366 g/mol. The molecule has 2 aromatic rings. The maximum atomic E-state index is 12.6. The van der Waals surface area contributed by atoms with Gasteiger partial charge in [0.25, 0.3) is 0 Å². The molecule has 27 heavy (non-hydrogen) atoms. The zero-order valence-corrected chi connectivity index (χ0v) is 15.5. The first-order valence-electron chi connectivity index (χ1n) is 10.0. The molecule has 2 N–H and O–H groups in total. The van der Waals surface area contributed by atoms with E-state index in [1.54, 1.807) is 0 Å². The molecule has 4 aliphatic rings. The summed E-state index contributed by atoms with van der Waals surface area (Å²) in [5.41, 5.74) is 1.19. The summed E-state index contributed by atoms with van der Waals surface area (Å²) in [6.07, 6.45) is 6.63. The fourth-order valence-electron chi connectivity index (χ4n) is 6.33. The number of carbonyl (C=O) groups is 1. The molecule has 0 spiro atoms. The second-order valence-corrected chi connectivity index (χ2v) is 9.19. The number of rotatable bonds is 5. The van der Waals surface area contributed by atoms with E-state index >= 15 is 0 Å². The lowest BCUT2D eigenvalue weighted by molar-refractivity contribution is -0.169. The van der Waals surface area contributed by atoms with Crippen LogP contribution in [0.15, 0.2) is 40.9 Å². The van der Waals surface area contributed by atoms with Crippen LogP contribution < -0.4 is 5.32 Å². The lowest BCUT2D eigenvalue weighted by Gasteiger charge is -2.60. The van der Waals surface area contributed by atoms with Crippen molar-refractivity contribution >= 4 is 5.91 Å². The lowest BCUT2D eigenvalue weighted by Crippen LogP contribution is -2.56. The summed E-state index contributed by atoms with van der Waals surface area (Å²) in [7, 11) is 0. The van der Waals surface area contributed by atoms with E-state index in [4.69, 9.17) is 4.52 Å². The minimum atomic E-state index is -0.513. The van der Waals surface area contributed by atoms with Gasteiger partial charge in [-0.2, -0.15) is 0 Å². The Balaban J connectivity index is 1.20. The Kier molecular flexibility index (Phi) is 3.90. The highest BCUT2D eigenvalue weighted by Gasteiger charge is 2.57. The minimum absolute atomic E-state index is 0.00192. The van der Waals surface area contributed by atoms with E-state index in [1.165, 1.54) is 6.42 Å². The third-order valence-corrected chi connectivity index (χ3v) is 6.77. The van der Waals surface area contributed by atoms with Crippen molar-refractivity contribution in [3.8, 4) is 11.3 Å². The molecular weight excluding hydrogens is 340 g/mol. The van der Waals surface area contributed by atoms with Crippen molar-refractivity contribution in [3.05, 3.63) is 42.1 Å². The van der Waals surface area contributed by atoms with Gasteiger partial charge >= 0.3 is 0 Å². The van der Waals surface area contributed by atoms with Crippen LogP contribution in [0.25, 0.3) is 11.3 Å². The molecular formula is C22H26N2O3. The highest BCUT2D eigenvalue weighted by Crippen LogP contribution is 2.62. The molecule has 1 aromatic heterocycles. The Morgan fingerprint density at radius 1 is 1.19 bits per heavy atom. The predicted octanol–water partition coefficient (Wildman–Crippen LogP) is 3.68. The van der Waals surface area contributed by atoms with E-state index in [-0.39, 0.29) is 11.3 Å². The first-order valence-corrected chi connectivity index (χ1v) is 10.0. The maximum absolute atomic E-state index is 12.6. The molecule has 4 bridgehead atoms. The van der Waals surface area contributed by atoms with Crippen LogP contribution in [-0.2, 0) is 11.3 Å². The molecule has 4 aliphatic carbocycles. The third-order valence-electron chi connectivity index (χ3n) is 6.77. The van der Waals surface area contributed by atoms with Gasteiger partial charge in [-0.1, -0.05) is 35.5 Å². The third kappa shape index (κ3) is 3.29. The van der Waals surface area contributed by atoms with E-state index < -0.39 is 5.60 Å². The van der Waals surface area contributed by atoms with Crippen LogP contribution in [0.4, 0.5) is 0 Å². The van der Waals surface area contributed by atoms with Crippen molar-refractivity contribution < 1.29 is 14.4 Å². The number of aromatic nitrogens is 1. The Bertz CT molecular complexity index is 830. The van der Waals surface area contributed by atoms with Gasteiger partial charge in [-0.25, -0.2) is 0 Å². The van der Waals surface area contributed by atoms with E-state index in [0.29, 0.717) is 30.6 Å². The van der Waals surface area contributed by atoms with Gasteiger partial charge in [0.2, 0.25) is 5.91 Å². The van der Waals surface area contributed by atoms with Crippen LogP contribution in [0.2, 0.25) is 0 Å². The fourth-order valence-corrected chi connectivity index (χ4v) is 6.33. The molecule has 1 amide bonds. The molecule has 2 atom stereocenters. The predicted molar refractivity (Wildman–Crippen MR) is 100 cm³/mol. The fraction of sp³-hybridized carbons (Fsp3) is 0.545. The SMILES string of the molecule is O=C(CC12CC3CC(CC(O)(C3)C1)C2)NCc1cc(-c2ccccc2)on1. The van der Waals surface area contributed by atoms with Gasteiger partial charge < -0.3 is 14.9 Å². The molecule has 0 aliphatic heterocycles. The van der Waals surface area contributed by atoms with Crippen molar-refractivity contribution in [2.45, 2.75) is 57.1 Å². The molecule has 5 nitrogen and oxygen atoms in total. The van der Waals surface area contributed by atoms with Gasteiger partial charge in [0.1, 0.15) is 5.69 Å². The Labute approximate surface area is 159 Å². The zero-order valence-electron chi connectivity index (χ0n) is 15.5. The largest absolute Gasteiger partial charge is 0.390 e. The van der Waals surface area contributed by atoms with Crippen molar-refractivity contribution in [1.29, 1.82) is 0 Å².